The first-order valence-electron chi connectivity index (χ1n) is 4.71. The van der Waals surface area contributed by atoms with Crippen LogP contribution in [-0.2, 0) is 15.2 Å². The molecule has 0 aromatic carbocycles. The zero-order chi connectivity index (χ0) is 12.3. The van der Waals surface area contributed by atoms with Crippen LogP contribution in [0.15, 0.2) is 0 Å². The molecule has 1 rings (SSSR count). The largest absolute Gasteiger partial charge is 0.394 e. The highest BCUT2D eigenvalue weighted by Crippen LogP contribution is 2.36. The fourth-order valence-corrected chi connectivity index (χ4v) is 2.08. The molecular weight excluding hydrogens is 220 g/mol. The molecule has 1 atom stereocenters. The highest BCUT2D eigenvalue weighted by Gasteiger charge is 2.30. The predicted molar refractivity (Wildman–Crippen MR) is 56.0 cm³/mol. The van der Waals surface area contributed by atoms with Crippen LogP contribution in [0.2, 0.25) is 0 Å². The summed E-state index contributed by atoms with van der Waals surface area (Å²) in [6.07, 6.45) is 2.81. The van der Waals surface area contributed by atoms with E-state index in [2.05, 4.69) is 20.8 Å². The molecule has 0 aromatic heterocycles. The lowest BCUT2D eigenvalue weighted by Crippen LogP contribution is -2.27. The maximum absolute atomic E-state index is 11.1. The molecule has 0 aliphatic heterocycles. The first-order valence-corrected chi connectivity index (χ1v) is 6.11. The summed E-state index contributed by atoms with van der Waals surface area (Å²) in [7, 11) is -4.67. The Balaban J connectivity index is 0.000000336. The number of Topliss-reactive ketones (excluding diaryl/α,β-unsaturated/α-hetero) is 1. The van der Waals surface area contributed by atoms with Crippen LogP contribution >= 0.6 is 0 Å². The van der Waals surface area contributed by atoms with E-state index in [0.29, 0.717) is 11.7 Å². The molecule has 1 aliphatic rings. The van der Waals surface area contributed by atoms with Crippen LogP contribution in [0.1, 0.15) is 40.0 Å². The summed E-state index contributed by atoms with van der Waals surface area (Å²) < 4.78 is 31.6. The Hall–Kier alpha value is -0.460. The van der Waals surface area contributed by atoms with Crippen molar-refractivity contribution in [3.63, 3.8) is 0 Å². The van der Waals surface area contributed by atoms with Crippen molar-refractivity contribution < 1.29 is 22.3 Å². The van der Waals surface area contributed by atoms with Gasteiger partial charge in [0.1, 0.15) is 5.78 Å². The Bertz CT molecular complexity index is 309. The monoisotopic (exact) mass is 238 g/mol. The normalized spacial score (nSPS) is 25.4. The molecule has 5 nitrogen and oxygen atoms in total. The van der Waals surface area contributed by atoms with E-state index in [0.717, 1.165) is 12.8 Å². The van der Waals surface area contributed by atoms with Gasteiger partial charge in [0, 0.05) is 12.8 Å². The van der Waals surface area contributed by atoms with Gasteiger partial charge in [-0.2, -0.15) is 8.42 Å². The molecule has 0 spiro atoms. The number of carbonyl (C=O) groups excluding carboxylic acids is 1. The van der Waals surface area contributed by atoms with Gasteiger partial charge in [0.25, 0.3) is 0 Å². The molecule has 0 aromatic rings. The summed E-state index contributed by atoms with van der Waals surface area (Å²) in [4.78, 5) is 11.1. The lowest BCUT2D eigenvalue weighted by atomic mass is 9.72. The van der Waals surface area contributed by atoms with Crippen LogP contribution in [0.5, 0.6) is 0 Å². The molecule has 1 saturated carbocycles. The van der Waals surface area contributed by atoms with Crippen molar-refractivity contribution in [1.29, 1.82) is 0 Å². The lowest BCUT2D eigenvalue weighted by molar-refractivity contribution is -0.124. The van der Waals surface area contributed by atoms with E-state index in [1.165, 1.54) is 6.42 Å². The van der Waals surface area contributed by atoms with Crippen LogP contribution < -0.4 is 0 Å². The third-order valence-corrected chi connectivity index (χ3v) is 2.15. The van der Waals surface area contributed by atoms with Gasteiger partial charge in [-0.25, -0.2) is 0 Å². The fraction of sp³-hybridized carbons (Fsp3) is 0.889. The molecule has 1 fully saturated rings. The summed E-state index contributed by atoms with van der Waals surface area (Å²) in [6, 6.07) is 0. The number of carbonyl (C=O) groups is 1. The van der Waals surface area contributed by atoms with Crippen LogP contribution in [0.4, 0.5) is 0 Å². The SMILES string of the molecule is CC1CC(=O)CC(C)(C)C1.O=S(=O)(O)O. The van der Waals surface area contributed by atoms with Gasteiger partial charge in [0.05, 0.1) is 0 Å². The van der Waals surface area contributed by atoms with Gasteiger partial charge in [0.15, 0.2) is 0 Å². The van der Waals surface area contributed by atoms with E-state index in [-0.39, 0.29) is 5.41 Å². The third kappa shape index (κ3) is 9.84. The molecule has 0 saturated heterocycles. The number of ketones is 1. The quantitative estimate of drug-likeness (QED) is 0.627. The second-order valence-electron chi connectivity index (χ2n) is 4.84. The molecular formula is C9H18O5S. The van der Waals surface area contributed by atoms with Crippen molar-refractivity contribution in [1.82, 2.24) is 0 Å². The molecule has 0 amide bonds. The Morgan fingerprint density at radius 2 is 1.73 bits per heavy atom. The molecule has 1 unspecified atom stereocenters. The fourth-order valence-electron chi connectivity index (χ4n) is 2.08. The summed E-state index contributed by atoms with van der Waals surface area (Å²) in [6.45, 7) is 6.53. The van der Waals surface area contributed by atoms with Crippen molar-refractivity contribution in [2.75, 3.05) is 0 Å². The minimum absolute atomic E-state index is 0.273. The minimum atomic E-state index is -4.67. The summed E-state index contributed by atoms with van der Waals surface area (Å²) in [5, 5.41) is 0. The lowest BCUT2D eigenvalue weighted by Gasteiger charge is -2.32. The maximum Gasteiger partial charge on any atom is 0.394 e. The number of rotatable bonds is 0. The smallest absolute Gasteiger partial charge is 0.300 e. The van der Waals surface area contributed by atoms with Crippen LogP contribution in [0.3, 0.4) is 0 Å². The van der Waals surface area contributed by atoms with Gasteiger partial charge >= 0.3 is 10.4 Å². The molecule has 0 radical (unpaired) electrons. The first-order chi connectivity index (χ1) is 6.49. The molecule has 0 heterocycles. The van der Waals surface area contributed by atoms with Crippen LogP contribution in [-0.4, -0.2) is 23.3 Å². The van der Waals surface area contributed by atoms with Crippen molar-refractivity contribution >= 4 is 16.2 Å². The second-order valence-corrected chi connectivity index (χ2v) is 5.74. The number of hydrogen-bond donors (Lipinski definition) is 2. The van der Waals surface area contributed by atoms with Crippen molar-refractivity contribution in [2.45, 2.75) is 40.0 Å². The van der Waals surface area contributed by atoms with Crippen molar-refractivity contribution in [2.24, 2.45) is 11.3 Å². The maximum atomic E-state index is 11.1. The summed E-state index contributed by atoms with van der Waals surface area (Å²) in [5.74, 6) is 1.06. The van der Waals surface area contributed by atoms with Gasteiger partial charge in [-0.05, 0) is 17.8 Å². The van der Waals surface area contributed by atoms with Crippen molar-refractivity contribution in [3.8, 4) is 0 Å². The highest BCUT2D eigenvalue weighted by atomic mass is 32.3. The van der Waals surface area contributed by atoms with E-state index in [9.17, 15) is 4.79 Å². The average Bonchev–Trinajstić information content (AvgIpc) is 1.73. The first kappa shape index (κ1) is 14.5. The average molecular weight is 238 g/mol. The molecule has 2 N–H and O–H groups in total. The van der Waals surface area contributed by atoms with Gasteiger partial charge < -0.3 is 0 Å². The third-order valence-electron chi connectivity index (χ3n) is 2.15. The molecule has 0 bridgehead atoms. The zero-order valence-electron chi connectivity index (χ0n) is 9.23. The van der Waals surface area contributed by atoms with Crippen LogP contribution in [0.25, 0.3) is 0 Å². The topological polar surface area (TPSA) is 91.7 Å². The summed E-state index contributed by atoms with van der Waals surface area (Å²) >= 11 is 0. The molecule has 90 valence electrons. The standard InChI is InChI=1S/C9H16O.H2O4S/c1-7-4-8(10)6-9(2,3)5-7;1-5(2,3)4/h7H,4-6H2,1-3H3;(H2,1,2,3,4). The zero-order valence-corrected chi connectivity index (χ0v) is 10.0. The van der Waals surface area contributed by atoms with E-state index in [4.69, 9.17) is 17.5 Å². The second kappa shape index (κ2) is 5.05. The number of hydrogen-bond acceptors (Lipinski definition) is 3. The van der Waals surface area contributed by atoms with E-state index < -0.39 is 10.4 Å². The Labute approximate surface area is 90.5 Å². The van der Waals surface area contributed by atoms with E-state index in [1.54, 1.807) is 0 Å². The van der Waals surface area contributed by atoms with E-state index in [1.807, 2.05) is 0 Å². The molecule has 15 heavy (non-hydrogen) atoms. The van der Waals surface area contributed by atoms with Gasteiger partial charge in [-0.1, -0.05) is 20.8 Å². The highest BCUT2D eigenvalue weighted by molar-refractivity contribution is 7.79. The van der Waals surface area contributed by atoms with Gasteiger partial charge in [-0.3, -0.25) is 13.9 Å². The Morgan fingerprint density at radius 1 is 1.33 bits per heavy atom. The predicted octanol–water partition coefficient (Wildman–Crippen LogP) is 1.75. The van der Waals surface area contributed by atoms with Crippen LogP contribution in [0, 0.1) is 11.3 Å². The van der Waals surface area contributed by atoms with Gasteiger partial charge in [0.2, 0.25) is 0 Å². The van der Waals surface area contributed by atoms with Crippen molar-refractivity contribution in [3.05, 3.63) is 0 Å². The Morgan fingerprint density at radius 3 is 2.00 bits per heavy atom. The van der Waals surface area contributed by atoms with E-state index >= 15 is 0 Å². The minimum Gasteiger partial charge on any atom is -0.300 e. The molecule has 6 heteroatoms. The molecule has 1 aliphatic carbocycles. The summed E-state index contributed by atoms with van der Waals surface area (Å²) in [5.41, 5.74) is 0.273. The van der Waals surface area contributed by atoms with Gasteiger partial charge in [-0.15, -0.1) is 0 Å². The Kier molecular flexibility index (Phi) is 4.89.